The lowest BCUT2D eigenvalue weighted by Gasteiger charge is -2.14. The summed E-state index contributed by atoms with van der Waals surface area (Å²) in [6, 6.07) is 41.8. The van der Waals surface area contributed by atoms with Gasteiger partial charge in [-0.15, -0.1) is 0 Å². The number of hydrogen-bond donors (Lipinski definition) is 1. The van der Waals surface area contributed by atoms with E-state index in [-0.39, 0.29) is 18.1 Å². The lowest BCUT2D eigenvalue weighted by molar-refractivity contribution is 0.0949. The Bertz CT molecular complexity index is 1540. The van der Waals surface area contributed by atoms with Gasteiger partial charge in [0.1, 0.15) is 11.5 Å². The summed E-state index contributed by atoms with van der Waals surface area (Å²) in [6.07, 6.45) is 0.214. The minimum Gasteiger partial charge on any atom is -0.457 e. The van der Waals surface area contributed by atoms with Gasteiger partial charge in [-0.1, -0.05) is 103 Å². The minimum absolute atomic E-state index is 0.0306. The second kappa shape index (κ2) is 11.8. The number of ether oxygens (including phenoxy) is 1. The number of carbonyl (C=O) groups is 2. The molecule has 186 valence electrons. The molecule has 0 aromatic heterocycles. The average Bonchev–Trinajstić information content (AvgIpc) is 2.97. The second-order valence-corrected chi connectivity index (χ2v) is 8.92. The highest BCUT2D eigenvalue weighted by Crippen LogP contribution is 2.29. The molecule has 0 spiro atoms. The summed E-state index contributed by atoms with van der Waals surface area (Å²) in [5.41, 5.74) is 4.44. The predicted octanol–water partition coefficient (Wildman–Crippen LogP) is 7.50. The first-order chi connectivity index (χ1) is 18.7. The van der Waals surface area contributed by atoms with Crippen LogP contribution in [0.4, 0.5) is 0 Å². The fourth-order valence-corrected chi connectivity index (χ4v) is 4.37. The van der Waals surface area contributed by atoms with Crippen LogP contribution in [0.1, 0.15) is 31.8 Å². The van der Waals surface area contributed by atoms with Gasteiger partial charge in [-0.05, 0) is 52.6 Å². The van der Waals surface area contributed by atoms with Crippen LogP contribution in [0.2, 0.25) is 0 Å². The number of amides is 1. The maximum atomic E-state index is 13.5. The van der Waals surface area contributed by atoms with Crippen LogP contribution in [0, 0.1) is 0 Å². The zero-order valence-corrected chi connectivity index (χ0v) is 20.8. The van der Waals surface area contributed by atoms with E-state index < -0.39 is 0 Å². The van der Waals surface area contributed by atoms with Crippen LogP contribution < -0.4 is 10.1 Å². The van der Waals surface area contributed by atoms with Gasteiger partial charge in [-0.3, -0.25) is 9.59 Å². The molecule has 0 bridgehead atoms. The van der Waals surface area contributed by atoms with Gasteiger partial charge in [0.15, 0.2) is 5.78 Å². The molecule has 0 saturated carbocycles. The third-order valence-corrected chi connectivity index (χ3v) is 6.23. The number of carbonyl (C=O) groups excluding carboxylic acids is 2. The van der Waals surface area contributed by atoms with Gasteiger partial charge in [0.05, 0.1) is 0 Å². The number of rotatable bonds is 9. The van der Waals surface area contributed by atoms with Gasteiger partial charge in [0.25, 0.3) is 5.91 Å². The van der Waals surface area contributed by atoms with Gasteiger partial charge in [0, 0.05) is 24.1 Å². The Balaban J connectivity index is 1.37. The summed E-state index contributed by atoms with van der Waals surface area (Å²) in [7, 11) is 0. The Morgan fingerprint density at radius 2 is 1.11 bits per heavy atom. The zero-order valence-electron chi connectivity index (χ0n) is 20.8. The standard InChI is InChI=1S/C34H27NO3/c36-33(23-26-14-11-17-28(22-26)38-27-15-5-2-6-16-27)31-20-9-7-18-29(31)30-19-8-10-21-32(30)34(37)35-24-25-12-3-1-4-13-25/h1-22H,23-24H2,(H,35,37). The second-order valence-electron chi connectivity index (χ2n) is 8.92. The number of ketones is 1. The first-order valence-electron chi connectivity index (χ1n) is 12.5. The molecule has 1 N–H and O–H groups in total. The Hall–Kier alpha value is -4.96. The van der Waals surface area contributed by atoms with Crippen molar-refractivity contribution in [3.8, 4) is 22.6 Å². The SMILES string of the molecule is O=C(Cc1cccc(Oc2ccccc2)c1)c1ccccc1-c1ccccc1C(=O)NCc1ccccc1. The molecule has 0 atom stereocenters. The van der Waals surface area contributed by atoms with Gasteiger partial charge in [0.2, 0.25) is 0 Å². The highest BCUT2D eigenvalue weighted by molar-refractivity contribution is 6.07. The Morgan fingerprint density at radius 1 is 0.553 bits per heavy atom. The maximum Gasteiger partial charge on any atom is 0.252 e. The summed E-state index contributed by atoms with van der Waals surface area (Å²) in [6.45, 7) is 0.427. The molecule has 4 heteroatoms. The van der Waals surface area contributed by atoms with Gasteiger partial charge in [-0.25, -0.2) is 0 Å². The Morgan fingerprint density at radius 3 is 1.84 bits per heavy atom. The van der Waals surface area contributed by atoms with E-state index in [2.05, 4.69) is 5.32 Å². The van der Waals surface area contributed by atoms with E-state index in [4.69, 9.17) is 4.74 Å². The lowest BCUT2D eigenvalue weighted by Crippen LogP contribution is -2.23. The number of Topliss-reactive ketones (excluding diaryl/α,β-unsaturated/α-hetero) is 1. The summed E-state index contributed by atoms with van der Waals surface area (Å²) in [5, 5.41) is 3.00. The fourth-order valence-electron chi connectivity index (χ4n) is 4.37. The molecule has 0 heterocycles. The summed E-state index contributed by atoms with van der Waals surface area (Å²) < 4.78 is 5.94. The molecule has 0 aliphatic carbocycles. The number of benzene rings is 5. The predicted molar refractivity (Wildman–Crippen MR) is 150 cm³/mol. The summed E-state index contributed by atoms with van der Waals surface area (Å²) in [4.78, 5) is 26.7. The zero-order chi connectivity index (χ0) is 26.2. The molecule has 0 unspecified atom stereocenters. The monoisotopic (exact) mass is 497 g/mol. The summed E-state index contributed by atoms with van der Waals surface area (Å²) >= 11 is 0. The highest BCUT2D eigenvalue weighted by atomic mass is 16.5. The quantitative estimate of drug-likeness (QED) is 0.215. The minimum atomic E-state index is -0.183. The maximum absolute atomic E-state index is 13.5. The number of hydrogen-bond acceptors (Lipinski definition) is 3. The van der Waals surface area contributed by atoms with Crippen molar-refractivity contribution in [1.82, 2.24) is 5.32 Å². The van der Waals surface area contributed by atoms with E-state index in [1.54, 1.807) is 6.07 Å². The molecular weight excluding hydrogens is 470 g/mol. The molecular formula is C34H27NO3. The molecule has 0 radical (unpaired) electrons. The van der Waals surface area contributed by atoms with Crippen LogP contribution in [-0.4, -0.2) is 11.7 Å². The van der Waals surface area contributed by atoms with E-state index in [0.29, 0.717) is 23.4 Å². The molecule has 5 rings (SSSR count). The third kappa shape index (κ3) is 6.05. The lowest BCUT2D eigenvalue weighted by atomic mass is 9.91. The van der Waals surface area contributed by atoms with Crippen molar-refractivity contribution in [2.24, 2.45) is 0 Å². The van der Waals surface area contributed by atoms with Crippen molar-refractivity contribution >= 4 is 11.7 Å². The van der Waals surface area contributed by atoms with Crippen molar-refractivity contribution in [2.75, 3.05) is 0 Å². The normalized spacial score (nSPS) is 10.5. The van der Waals surface area contributed by atoms with E-state index in [0.717, 1.165) is 28.0 Å². The highest BCUT2D eigenvalue weighted by Gasteiger charge is 2.18. The molecule has 5 aromatic rings. The van der Waals surface area contributed by atoms with Crippen LogP contribution in [0.5, 0.6) is 11.5 Å². The number of nitrogens with one attached hydrogen (secondary N) is 1. The van der Waals surface area contributed by atoms with Crippen LogP contribution >= 0.6 is 0 Å². The smallest absolute Gasteiger partial charge is 0.252 e. The molecule has 0 fully saturated rings. The largest absolute Gasteiger partial charge is 0.457 e. The van der Waals surface area contributed by atoms with E-state index in [1.807, 2.05) is 127 Å². The first kappa shape index (κ1) is 24.7. The van der Waals surface area contributed by atoms with Crippen LogP contribution in [0.3, 0.4) is 0 Å². The van der Waals surface area contributed by atoms with Gasteiger partial charge < -0.3 is 10.1 Å². The molecule has 4 nitrogen and oxygen atoms in total. The van der Waals surface area contributed by atoms with Crippen LogP contribution in [-0.2, 0) is 13.0 Å². The van der Waals surface area contributed by atoms with Crippen LogP contribution in [0.25, 0.3) is 11.1 Å². The van der Waals surface area contributed by atoms with Crippen molar-refractivity contribution in [3.63, 3.8) is 0 Å². The van der Waals surface area contributed by atoms with Crippen LogP contribution in [0.15, 0.2) is 133 Å². The molecule has 0 aliphatic rings. The van der Waals surface area contributed by atoms with Gasteiger partial charge >= 0.3 is 0 Å². The van der Waals surface area contributed by atoms with E-state index in [1.165, 1.54) is 0 Å². The molecule has 38 heavy (non-hydrogen) atoms. The van der Waals surface area contributed by atoms with Gasteiger partial charge in [-0.2, -0.15) is 0 Å². The molecule has 1 amide bonds. The molecule has 0 saturated heterocycles. The first-order valence-corrected chi connectivity index (χ1v) is 12.5. The molecule has 5 aromatic carbocycles. The van der Waals surface area contributed by atoms with E-state index in [9.17, 15) is 9.59 Å². The topological polar surface area (TPSA) is 55.4 Å². The fraction of sp³-hybridized carbons (Fsp3) is 0.0588. The average molecular weight is 498 g/mol. The Labute approximate surface area is 222 Å². The number of para-hydroxylation sites is 1. The third-order valence-electron chi connectivity index (χ3n) is 6.23. The molecule has 0 aliphatic heterocycles. The van der Waals surface area contributed by atoms with Crippen molar-refractivity contribution < 1.29 is 14.3 Å². The Kier molecular flexibility index (Phi) is 7.71. The van der Waals surface area contributed by atoms with Crippen molar-refractivity contribution in [2.45, 2.75) is 13.0 Å². The summed E-state index contributed by atoms with van der Waals surface area (Å²) in [5.74, 6) is 1.20. The van der Waals surface area contributed by atoms with Crippen molar-refractivity contribution in [3.05, 3.63) is 156 Å². The van der Waals surface area contributed by atoms with E-state index >= 15 is 0 Å². The van der Waals surface area contributed by atoms with Crippen molar-refractivity contribution in [1.29, 1.82) is 0 Å².